The molecule has 8 aromatic rings. The third-order valence-corrected chi connectivity index (χ3v) is 18.7. The number of benzene rings is 8. The van der Waals surface area contributed by atoms with E-state index in [4.69, 9.17) is 18.9 Å². The van der Waals surface area contributed by atoms with E-state index in [2.05, 4.69) is 46.0 Å². The van der Waals surface area contributed by atoms with Gasteiger partial charge in [-0.3, -0.25) is 27.3 Å². The van der Waals surface area contributed by atoms with Crippen molar-refractivity contribution in [2.24, 2.45) is 46.0 Å². The van der Waals surface area contributed by atoms with E-state index in [-0.39, 0.29) is 125 Å². The molecule has 0 radical (unpaired) electrons. The number of nitrogens with zero attached hydrogens (tertiary/aromatic N) is 10. The van der Waals surface area contributed by atoms with Crippen LogP contribution < -0.4 is 48.5 Å². The first kappa shape index (κ1) is 76.1. The molecule has 8 aromatic carbocycles. The average molecular weight is 1470 g/mol. The minimum absolute atomic E-state index is 0. The van der Waals surface area contributed by atoms with Gasteiger partial charge in [-0.2, -0.15) is 81.2 Å². The topological polar surface area (TPSA) is 500 Å². The summed E-state index contributed by atoms with van der Waals surface area (Å²) in [5, 5.41) is 50.0. The van der Waals surface area contributed by atoms with Crippen LogP contribution in [0.5, 0.6) is 23.0 Å². The number of hydrogen-bond donors (Lipinski definition) is 6. The summed E-state index contributed by atoms with van der Waals surface area (Å²) in [5.74, 6) is -0.0666. The molecule has 33 nitrogen and oxygen atoms in total. The number of methoxy groups -OCH3 is 4. The predicted molar refractivity (Wildman–Crippen MR) is 346 cm³/mol. The van der Waals surface area contributed by atoms with Crippen molar-refractivity contribution in [1.29, 1.82) is 0 Å². The largest absolute Gasteiger partial charge is 1.00 e. The Morgan fingerprint density at radius 2 is 0.592 bits per heavy atom. The summed E-state index contributed by atoms with van der Waals surface area (Å²) in [4.78, 5) is -4.54. The van der Waals surface area contributed by atoms with Gasteiger partial charge in [-0.1, -0.05) is 47.4 Å². The molecule has 8 rings (SSSR count). The summed E-state index contributed by atoms with van der Waals surface area (Å²) >= 11 is 0. The fourth-order valence-electron chi connectivity index (χ4n) is 8.69. The van der Waals surface area contributed by atoms with Gasteiger partial charge in [-0.15, -0.1) is 10.2 Å². The smallest absolute Gasteiger partial charge is 0.594 e. The third kappa shape index (κ3) is 19.1. The molecule has 0 bridgehead atoms. The second-order valence-electron chi connectivity index (χ2n) is 19.9. The van der Waals surface area contributed by atoms with Gasteiger partial charge in [0.15, 0.2) is 0 Å². The van der Waals surface area contributed by atoms with Crippen molar-refractivity contribution >= 4 is 142 Å². The average Bonchev–Trinajstić information content (AvgIpc) is 0.827. The molecule has 0 fully saturated rings. The fourth-order valence-corrected chi connectivity index (χ4v) is 12.9. The van der Waals surface area contributed by atoms with Crippen LogP contribution in [-0.4, -0.2) is 111 Å². The van der Waals surface area contributed by atoms with E-state index in [0.29, 0.717) is 17.2 Å². The normalized spacial score (nSPS) is 13.0. The molecule has 0 amide bonds. The van der Waals surface area contributed by atoms with Crippen molar-refractivity contribution in [1.82, 2.24) is 0 Å². The Morgan fingerprint density at radius 1 is 0.327 bits per heavy atom. The molecule has 0 heterocycles. The van der Waals surface area contributed by atoms with Crippen LogP contribution in [0.3, 0.4) is 0 Å². The Hall–Kier alpha value is -9.30. The van der Waals surface area contributed by atoms with Gasteiger partial charge in [0, 0.05) is 29.4 Å². The number of hydrogen-bond acceptors (Lipinski definition) is 26. The quantitative estimate of drug-likeness (QED) is 0.00817. The van der Waals surface area contributed by atoms with Gasteiger partial charge in [-0.25, -0.2) is 0 Å². The van der Waals surface area contributed by atoms with Crippen molar-refractivity contribution in [3.8, 4) is 23.0 Å². The molecule has 0 aromatic heterocycles. The molecule has 0 aliphatic carbocycles. The first-order valence-corrected chi connectivity index (χ1v) is 35.4. The predicted octanol–water partition coefficient (Wildman–Crippen LogP) is 10.8. The molecule has 0 unspecified atom stereocenters. The van der Waals surface area contributed by atoms with Crippen LogP contribution in [0.1, 0.15) is 33.4 Å². The van der Waals surface area contributed by atoms with E-state index in [1.165, 1.54) is 101 Å². The number of rotatable bonds is 24. The zero-order chi connectivity index (χ0) is 71.2. The molecule has 0 saturated carbocycles. The molecule has 0 saturated heterocycles. The van der Waals surface area contributed by atoms with Crippen molar-refractivity contribution in [3.05, 3.63) is 172 Å². The van der Waals surface area contributed by atoms with Crippen molar-refractivity contribution in [2.75, 3.05) is 28.4 Å². The van der Waals surface area contributed by atoms with Crippen molar-refractivity contribution in [2.45, 2.75) is 43.2 Å². The van der Waals surface area contributed by atoms with E-state index in [9.17, 15) is 83.0 Å². The number of aryl methyl sites for hydroxylation is 2. The number of azo groups is 5. The summed E-state index contributed by atoms with van der Waals surface area (Å²) in [6.45, 7) is 3.23. The standard InChI is InChI=1S/C58H50N10O23S6.Na/c1-33-23-47(51(90-5)31-45(33)63-59-41-18-21-49(88-3)57(27-41)96(82,83)84)65-61-39-15-11-35(53(25-39)92(70,71)72)7-8-37-13-17-43(29-55(37)94(76,77)78)67-68(69)44-20-14-38(56(30-44)95(79,80)81)10-9-36-12-16-40(26-54(36)93(73,74)75)62-66-48-24-34(2)46(32-52(48)91-6)64-60-42-19-22-50(89-4)58(28-42)97(85,86)87;/h7-32H,1-6H3,(H,70,71,72)(H,73,74,75)(H,76,77,78)(H,79,80,81)(H,82,83,84)(H,85,86,87);/q;+1/b8-7+,10-9+,63-59?,64-60?,65-61?,66-62?,68-67?;. The molecule has 98 heavy (non-hydrogen) atoms. The van der Waals surface area contributed by atoms with E-state index in [1.807, 2.05) is 0 Å². The first-order chi connectivity index (χ1) is 45.4. The van der Waals surface area contributed by atoms with Gasteiger partial charge < -0.3 is 24.2 Å². The molecular weight excluding hydrogens is 1420 g/mol. The summed E-state index contributed by atoms with van der Waals surface area (Å²) in [6, 6.07) is 25.5. The van der Waals surface area contributed by atoms with Gasteiger partial charge in [0.1, 0.15) is 69.4 Å². The van der Waals surface area contributed by atoms with Crippen LogP contribution >= 0.6 is 0 Å². The Balaban J connectivity index is 0.0000135. The molecule has 0 spiro atoms. The monoisotopic (exact) mass is 1470 g/mol. The molecule has 0 aliphatic heterocycles. The third-order valence-electron chi connectivity index (χ3n) is 13.4. The van der Waals surface area contributed by atoms with Crippen molar-refractivity contribution in [3.63, 3.8) is 0 Å². The first-order valence-electron chi connectivity index (χ1n) is 26.7. The van der Waals surface area contributed by atoms with E-state index >= 15 is 0 Å². The SMILES string of the molecule is COc1cc(N=Nc2ccc(OC)c(S(=O)(=O)O)c2)c(C)cc1N=Nc1ccc(/C=C/c2ccc(N=[N+]([O-])c3ccc(/C=C/c4ccc(N=Nc5cc(C)c(N=Nc6ccc(OC)c(S(=O)(=O)O)c6)cc5OC)cc4S(=O)(=O)O)c(S(=O)(=O)O)c3)cc2S(=O)(=O)O)c(S(=O)(=O)O)c1.[Na+]. The summed E-state index contributed by atoms with van der Waals surface area (Å²) < 4.78 is 230. The second-order valence-corrected chi connectivity index (χ2v) is 28.2. The Bertz CT molecular complexity index is 5460. The summed E-state index contributed by atoms with van der Waals surface area (Å²) in [5.41, 5.74) is -0.717. The molecule has 0 atom stereocenters. The Labute approximate surface area is 581 Å². The maximum atomic E-state index is 13.5. The zero-order valence-corrected chi connectivity index (χ0v) is 58.5. The van der Waals surface area contributed by atoms with Gasteiger partial charge in [0.25, 0.3) is 60.7 Å². The van der Waals surface area contributed by atoms with E-state index < -0.39 is 101 Å². The van der Waals surface area contributed by atoms with E-state index in [0.717, 1.165) is 78.9 Å². The zero-order valence-electron chi connectivity index (χ0n) is 51.6. The van der Waals surface area contributed by atoms with Gasteiger partial charge in [0.05, 0.1) is 62.6 Å². The van der Waals surface area contributed by atoms with Crippen molar-refractivity contribution < 1.29 is 131 Å². The summed E-state index contributed by atoms with van der Waals surface area (Å²) in [7, 11) is -24.8. The maximum absolute atomic E-state index is 13.5. The van der Waals surface area contributed by atoms with Gasteiger partial charge in [0.2, 0.25) is 5.69 Å². The van der Waals surface area contributed by atoms with Crippen LogP contribution in [0, 0.1) is 19.1 Å². The Morgan fingerprint density at radius 3 is 0.908 bits per heavy atom. The molecule has 0 aliphatic rings. The molecule has 40 heteroatoms. The molecule has 506 valence electrons. The van der Waals surface area contributed by atoms with Crippen LogP contribution in [0.15, 0.2) is 209 Å². The molecular formula is C58H50N10NaO23S6+. The minimum atomic E-state index is -5.21. The van der Waals surface area contributed by atoms with E-state index in [1.54, 1.807) is 13.8 Å². The van der Waals surface area contributed by atoms with Gasteiger partial charge in [-0.05, 0) is 138 Å². The van der Waals surface area contributed by atoms with Crippen LogP contribution in [0.2, 0.25) is 0 Å². The van der Waals surface area contributed by atoms with Crippen LogP contribution in [-0.2, 0) is 60.7 Å². The van der Waals surface area contributed by atoms with Gasteiger partial charge >= 0.3 is 29.6 Å². The summed E-state index contributed by atoms with van der Waals surface area (Å²) in [6.07, 6.45) is 4.15. The molecule has 6 N–H and O–H groups in total. The Kier molecular flexibility index (Phi) is 23.8. The van der Waals surface area contributed by atoms with Crippen LogP contribution in [0.4, 0.5) is 56.9 Å². The van der Waals surface area contributed by atoms with Crippen LogP contribution in [0.25, 0.3) is 24.3 Å². The second kappa shape index (κ2) is 30.6. The fraction of sp³-hybridized carbons (Fsp3) is 0.103. The maximum Gasteiger partial charge on any atom is 1.00 e. The number of ether oxygens (including phenoxy) is 4. The minimum Gasteiger partial charge on any atom is -0.594 e.